The Morgan fingerprint density at radius 1 is 1.14 bits per heavy atom. The first-order chi connectivity index (χ1) is 6.57. The van der Waals surface area contributed by atoms with Crippen molar-refractivity contribution in [3.05, 3.63) is 17.2 Å². The first-order valence-electron chi connectivity index (χ1n) is 4.08. The highest BCUT2D eigenvalue weighted by Gasteiger charge is 2.36. The van der Waals surface area contributed by atoms with Crippen LogP contribution in [-0.4, -0.2) is 21.7 Å². The van der Waals surface area contributed by atoms with Crippen LogP contribution in [0.3, 0.4) is 0 Å². The molecular weight excluding hydrogens is 197 g/mol. The molecule has 0 radical (unpaired) electrons. The molecule has 0 unspecified atom stereocenters. The van der Waals surface area contributed by atoms with Crippen LogP contribution in [0.15, 0.2) is 0 Å². The number of halogens is 3. The average Bonchev–Trinajstić information content (AvgIpc) is 2.16. The fourth-order valence-electron chi connectivity index (χ4n) is 1.25. The monoisotopic (exact) mass is 204 g/mol. The first-order valence-corrected chi connectivity index (χ1v) is 4.08. The van der Waals surface area contributed by atoms with Gasteiger partial charge in [0.2, 0.25) is 0 Å². The third kappa shape index (κ3) is 1.67. The molecule has 14 heavy (non-hydrogen) atoms. The van der Waals surface area contributed by atoms with E-state index in [1.807, 2.05) is 0 Å². The maximum Gasteiger partial charge on any atom is 0.453 e. The predicted molar refractivity (Wildman–Crippen MR) is 40.2 cm³/mol. The minimum Gasteiger partial charge on any atom is -0.311 e. The summed E-state index contributed by atoms with van der Waals surface area (Å²) in [7, 11) is 0. The summed E-state index contributed by atoms with van der Waals surface area (Å²) < 4.78 is 36.5. The van der Waals surface area contributed by atoms with Gasteiger partial charge in [0.25, 0.3) is 5.82 Å². The van der Waals surface area contributed by atoms with Crippen LogP contribution >= 0.6 is 0 Å². The van der Waals surface area contributed by atoms with Crippen LogP contribution in [0.25, 0.3) is 0 Å². The van der Waals surface area contributed by atoms with Crippen LogP contribution in [0.1, 0.15) is 17.2 Å². The number of nitrogens with one attached hydrogen (secondary N) is 1. The Bertz CT molecular complexity index is 349. The quantitative estimate of drug-likeness (QED) is 0.670. The maximum atomic E-state index is 12.2. The standard InChI is InChI=1S/C7H7F3N4/c8-7(9,10)6-12-4-1-2-11-3-5(4)13-14-6/h11H,1-3H2. The van der Waals surface area contributed by atoms with Gasteiger partial charge in [-0.2, -0.15) is 18.3 Å². The second-order valence-corrected chi connectivity index (χ2v) is 2.95. The highest BCUT2D eigenvalue weighted by Crippen LogP contribution is 2.26. The first kappa shape index (κ1) is 9.32. The number of aromatic nitrogens is 3. The van der Waals surface area contributed by atoms with Crippen LogP contribution < -0.4 is 5.32 Å². The third-order valence-electron chi connectivity index (χ3n) is 1.92. The molecule has 1 aromatic rings. The van der Waals surface area contributed by atoms with E-state index in [0.29, 0.717) is 30.9 Å². The highest BCUT2D eigenvalue weighted by atomic mass is 19.4. The minimum absolute atomic E-state index is 0.395. The van der Waals surface area contributed by atoms with Gasteiger partial charge in [0.05, 0.1) is 11.4 Å². The SMILES string of the molecule is FC(F)(F)c1nnc2c(n1)CCNC2. The zero-order chi connectivity index (χ0) is 10.2. The van der Waals surface area contributed by atoms with Crippen LogP contribution in [0.4, 0.5) is 13.2 Å². The van der Waals surface area contributed by atoms with Crippen molar-refractivity contribution in [1.82, 2.24) is 20.5 Å². The van der Waals surface area contributed by atoms with Crippen molar-refractivity contribution in [3.63, 3.8) is 0 Å². The second-order valence-electron chi connectivity index (χ2n) is 2.95. The van der Waals surface area contributed by atoms with E-state index in [1.54, 1.807) is 0 Å². The molecule has 0 fully saturated rings. The molecule has 0 atom stereocenters. The summed E-state index contributed by atoms with van der Waals surface area (Å²) in [5.74, 6) is -1.15. The van der Waals surface area contributed by atoms with E-state index in [2.05, 4.69) is 20.5 Å². The smallest absolute Gasteiger partial charge is 0.311 e. The molecule has 2 heterocycles. The molecule has 0 aromatic carbocycles. The third-order valence-corrected chi connectivity index (χ3v) is 1.92. The fourth-order valence-corrected chi connectivity index (χ4v) is 1.25. The predicted octanol–water partition coefficient (Wildman–Crippen LogP) is 0.536. The van der Waals surface area contributed by atoms with Crippen molar-refractivity contribution in [2.45, 2.75) is 19.1 Å². The average molecular weight is 204 g/mol. The molecule has 0 saturated carbocycles. The van der Waals surface area contributed by atoms with Gasteiger partial charge in [-0.05, 0) is 0 Å². The van der Waals surface area contributed by atoms with Crippen molar-refractivity contribution >= 4 is 0 Å². The normalized spacial score (nSPS) is 16.5. The zero-order valence-electron chi connectivity index (χ0n) is 7.10. The number of fused-ring (bicyclic) bond motifs is 1. The molecule has 0 aliphatic carbocycles. The Morgan fingerprint density at radius 3 is 2.64 bits per heavy atom. The number of hydrogen-bond acceptors (Lipinski definition) is 4. The number of hydrogen-bond donors (Lipinski definition) is 1. The zero-order valence-corrected chi connectivity index (χ0v) is 7.10. The fraction of sp³-hybridized carbons (Fsp3) is 0.571. The lowest BCUT2D eigenvalue weighted by Gasteiger charge is -2.15. The topological polar surface area (TPSA) is 50.7 Å². The molecule has 0 amide bonds. The van der Waals surface area contributed by atoms with Crippen molar-refractivity contribution in [1.29, 1.82) is 0 Å². The van der Waals surface area contributed by atoms with E-state index in [-0.39, 0.29) is 0 Å². The van der Waals surface area contributed by atoms with Gasteiger partial charge in [0.1, 0.15) is 0 Å². The Labute approximate surface area is 77.6 Å². The van der Waals surface area contributed by atoms with Gasteiger partial charge in [-0.3, -0.25) is 0 Å². The van der Waals surface area contributed by atoms with Gasteiger partial charge in [-0.15, -0.1) is 5.10 Å². The Hall–Kier alpha value is -1.24. The molecule has 2 rings (SSSR count). The maximum absolute atomic E-state index is 12.2. The Balaban J connectivity index is 2.39. The van der Waals surface area contributed by atoms with Crippen LogP contribution in [0, 0.1) is 0 Å². The summed E-state index contributed by atoms with van der Waals surface area (Å²) in [5.41, 5.74) is 0.898. The van der Waals surface area contributed by atoms with Gasteiger partial charge in [0, 0.05) is 19.5 Å². The molecule has 4 nitrogen and oxygen atoms in total. The van der Waals surface area contributed by atoms with E-state index in [9.17, 15) is 13.2 Å². The van der Waals surface area contributed by atoms with Gasteiger partial charge in [0.15, 0.2) is 0 Å². The minimum atomic E-state index is -4.51. The van der Waals surface area contributed by atoms with Crippen LogP contribution in [0.5, 0.6) is 0 Å². The molecule has 0 saturated heterocycles. The lowest BCUT2D eigenvalue weighted by Crippen LogP contribution is -2.28. The summed E-state index contributed by atoms with van der Waals surface area (Å²) in [6.45, 7) is 1.07. The van der Waals surface area contributed by atoms with Gasteiger partial charge < -0.3 is 5.32 Å². The molecule has 1 aromatic heterocycles. The molecule has 1 aliphatic heterocycles. The van der Waals surface area contributed by atoms with Crippen LogP contribution in [-0.2, 0) is 19.1 Å². The molecule has 0 spiro atoms. The van der Waals surface area contributed by atoms with Gasteiger partial charge in [-0.1, -0.05) is 0 Å². The molecule has 1 N–H and O–H groups in total. The van der Waals surface area contributed by atoms with Crippen LogP contribution in [0.2, 0.25) is 0 Å². The van der Waals surface area contributed by atoms with E-state index >= 15 is 0 Å². The molecule has 76 valence electrons. The molecular formula is C7H7F3N4. The number of nitrogens with zero attached hydrogens (tertiary/aromatic N) is 3. The summed E-state index contributed by atoms with van der Waals surface area (Å²) in [4.78, 5) is 3.45. The second kappa shape index (κ2) is 3.16. The molecule has 1 aliphatic rings. The number of rotatable bonds is 0. The number of alkyl halides is 3. The van der Waals surface area contributed by atoms with Crippen molar-refractivity contribution < 1.29 is 13.2 Å². The Morgan fingerprint density at radius 2 is 1.93 bits per heavy atom. The van der Waals surface area contributed by atoms with Crippen molar-refractivity contribution in [2.75, 3.05) is 6.54 Å². The van der Waals surface area contributed by atoms with Crippen molar-refractivity contribution in [3.8, 4) is 0 Å². The molecule has 7 heteroatoms. The van der Waals surface area contributed by atoms with Crippen molar-refractivity contribution in [2.24, 2.45) is 0 Å². The van der Waals surface area contributed by atoms with E-state index in [0.717, 1.165) is 0 Å². The lowest BCUT2D eigenvalue weighted by molar-refractivity contribution is -0.145. The van der Waals surface area contributed by atoms with E-state index in [1.165, 1.54) is 0 Å². The highest BCUT2D eigenvalue weighted by molar-refractivity contribution is 5.14. The lowest BCUT2D eigenvalue weighted by atomic mass is 10.2. The van der Waals surface area contributed by atoms with Gasteiger partial charge >= 0.3 is 6.18 Å². The summed E-state index contributed by atoms with van der Waals surface area (Å²) >= 11 is 0. The van der Waals surface area contributed by atoms with E-state index < -0.39 is 12.0 Å². The summed E-state index contributed by atoms with van der Waals surface area (Å²) in [6.07, 6.45) is -4.04. The largest absolute Gasteiger partial charge is 0.453 e. The summed E-state index contributed by atoms with van der Waals surface area (Å²) in [5, 5.41) is 9.50. The molecule has 0 bridgehead atoms. The van der Waals surface area contributed by atoms with E-state index in [4.69, 9.17) is 0 Å². The summed E-state index contributed by atoms with van der Waals surface area (Å²) in [6, 6.07) is 0. The Kier molecular flexibility index (Phi) is 2.10. The van der Waals surface area contributed by atoms with Gasteiger partial charge in [-0.25, -0.2) is 4.98 Å².